The Bertz CT molecular complexity index is 1010. The Kier molecular flexibility index (Phi) is 5.56. The number of amides is 1. The first-order chi connectivity index (χ1) is 14.1. The van der Waals surface area contributed by atoms with E-state index in [4.69, 9.17) is 0 Å². The molecule has 2 aromatic carbocycles. The summed E-state index contributed by atoms with van der Waals surface area (Å²) in [7, 11) is 0. The van der Waals surface area contributed by atoms with Crippen molar-refractivity contribution < 1.29 is 9.90 Å². The summed E-state index contributed by atoms with van der Waals surface area (Å²) < 4.78 is 0. The molecule has 1 saturated heterocycles. The minimum atomic E-state index is 0.112. The normalized spacial score (nSPS) is 14.4. The first-order valence-corrected chi connectivity index (χ1v) is 10.1. The summed E-state index contributed by atoms with van der Waals surface area (Å²) in [6.07, 6.45) is 6.14. The second-order valence-electron chi connectivity index (χ2n) is 7.57. The lowest BCUT2D eigenvalue weighted by atomic mass is 10.0. The first kappa shape index (κ1) is 19.1. The zero-order valence-corrected chi connectivity index (χ0v) is 16.6. The summed E-state index contributed by atoms with van der Waals surface area (Å²) in [5.41, 5.74) is 4.99. The zero-order valence-electron chi connectivity index (χ0n) is 16.6. The molecule has 1 aromatic heterocycles. The van der Waals surface area contributed by atoms with E-state index in [-0.39, 0.29) is 11.7 Å². The Balaban J connectivity index is 1.56. The van der Waals surface area contributed by atoms with Crippen molar-refractivity contribution in [2.45, 2.75) is 32.6 Å². The fraction of sp³-hybridized carbons (Fsp3) is 0.292. The first-order valence-electron chi connectivity index (χ1n) is 10.1. The summed E-state index contributed by atoms with van der Waals surface area (Å²) in [6, 6.07) is 15.0. The van der Waals surface area contributed by atoms with Gasteiger partial charge in [-0.25, -0.2) is 9.97 Å². The van der Waals surface area contributed by atoms with Crippen molar-refractivity contribution in [3.63, 3.8) is 0 Å². The number of aromatic hydroxyl groups is 1. The van der Waals surface area contributed by atoms with E-state index < -0.39 is 0 Å². The van der Waals surface area contributed by atoms with Gasteiger partial charge >= 0.3 is 0 Å². The van der Waals surface area contributed by atoms with Gasteiger partial charge in [-0.1, -0.05) is 25.0 Å². The van der Waals surface area contributed by atoms with E-state index in [2.05, 4.69) is 9.97 Å². The number of nitrogens with zero attached hydrogens (tertiary/aromatic N) is 3. The van der Waals surface area contributed by atoms with Crippen LogP contribution in [0.25, 0.3) is 22.5 Å². The van der Waals surface area contributed by atoms with Gasteiger partial charge in [0.2, 0.25) is 0 Å². The molecular weight excluding hydrogens is 362 g/mol. The molecule has 1 N–H and O–H groups in total. The zero-order chi connectivity index (χ0) is 20.2. The minimum Gasteiger partial charge on any atom is -0.508 e. The van der Waals surface area contributed by atoms with E-state index in [1.54, 1.807) is 12.4 Å². The van der Waals surface area contributed by atoms with Gasteiger partial charge in [-0.05, 0) is 61.7 Å². The van der Waals surface area contributed by atoms with Gasteiger partial charge in [0.05, 0.1) is 11.4 Å². The predicted molar refractivity (Wildman–Crippen MR) is 114 cm³/mol. The number of aryl methyl sites for hydroxylation is 1. The van der Waals surface area contributed by atoms with Gasteiger partial charge in [-0.2, -0.15) is 0 Å². The van der Waals surface area contributed by atoms with Crippen LogP contribution in [0.4, 0.5) is 0 Å². The number of likely N-dealkylation sites (tertiary alicyclic amines) is 1. The fourth-order valence-electron chi connectivity index (χ4n) is 3.73. The number of carbonyl (C=O) groups excluding carboxylic acids is 1. The fourth-order valence-corrected chi connectivity index (χ4v) is 3.73. The molecule has 29 heavy (non-hydrogen) atoms. The third kappa shape index (κ3) is 4.29. The number of benzene rings is 2. The molecule has 5 heteroatoms. The summed E-state index contributed by atoms with van der Waals surface area (Å²) in [5.74, 6) is 0.383. The van der Waals surface area contributed by atoms with Crippen LogP contribution in [0.1, 0.15) is 41.6 Å². The van der Waals surface area contributed by atoms with Crippen LogP contribution in [0, 0.1) is 6.92 Å². The molecule has 0 atom stereocenters. The van der Waals surface area contributed by atoms with Crippen LogP contribution >= 0.6 is 0 Å². The van der Waals surface area contributed by atoms with Gasteiger partial charge in [0.25, 0.3) is 5.91 Å². The van der Waals surface area contributed by atoms with Gasteiger partial charge < -0.3 is 10.0 Å². The van der Waals surface area contributed by atoms with E-state index in [9.17, 15) is 9.90 Å². The number of carbonyl (C=O) groups is 1. The molecule has 5 nitrogen and oxygen atoms in total. The average molecular weight is 387 g/mol. The van der Waals surface area contributed by atoms with Gasteiger partial charge in [0, 0.05) is 29.8 Å². The van der Waals surface area contributed by atoms with Crippen LogP contribution in [0.15, 0.2) is 54.9 Å². The Morgan fingerprint density at radius 3 is 2.14 bits per heavy atom. The van der Waals surface area contributed by atoms with Crippen LogP contribution in [0.3, 0.4) is 0 Å². The molecule has 2 heterocycles. The highest BCUT2D eigenvalue weighted by atomic mass is 16.3. The Morgan fingerprint density at radius 2 is 1.48 bits per heavy atom. The third-order valence-electron chi connectivity index (χ3n) is 5.48. The van der Waals surface area contributed by atoms with Crippen LogP contribution in [0.2, 0.25) is 0 Å². The van der Waals surface area contributed by atoms with Crippen LogP contribution < -0.4 is 0 Å². The van der Waals surface area contributed by atoms with Crippen molar-refractivity contribution in [3.8, 4) is 28.3 Å². The molecule has 0 bridgehead atoms. The largest absolute Gasteiger partial charge is 0.508 e. The summed E-state index contributed by atoms with van der Waals surface area (Å²) in [5, 5.41) is 9.74. The van der Waals surface area contributed by atoms with E-state index in [1.807, 2.05) is 54.3 Å². The van der Waals surface area contributed by atoms with Crippen molar-refractivity contribution in [1.82, 2.24) is 14.9 Å². The van der Waals surface area contributed by atoms with Gasteiger partial charge in [0.1, 0.15) is 12.1 Å². The molecule has 0 unspecified atom stereocenters. The molecule has 0 saturated carbocycles. The summed E-state index contributed by atoms with van der Waals surface area (Å²) in [4.78, 5) is 23.5. The number of aromatic nitrogens is 2. The second-order valence-corrected chi connectivity index (χ2v) is 7.57. The van der Waals surface area contributed by atoms with Crippen molar-refractivity contribution in [2.24, 2.45) is 0 Å². The summed E-state index contributed by atoms with van der Waals surface area (Å²) in [6.45, 7) is 3.56. The number of hydrogen-bond acceptors (Lipinski definition) is 4. The van der Waals surface area contributed by atoms with E-state index >= 15 is 0 Å². The lowest BCUT2D eigenvalue weighted by Gasteiger charge is -2.20. The standard InChI is InChI=1S/C24H25N3O2/c1-17-14-20(10-11-23(17)28)22-15-21(25-16-26-22)18-6-8-19(9-7-18)24(29)27-12-4-2-3-5-13-27/h6-11,14-16,28H,2-5,12-13H2,1H3. The highest BCUT2D eigenvalue weighted by Crippen LogP contribution is 2.27. The smallest absolute Gasteiger partial charge is 0.253 e. The van der Waals surface area contributed by atoms with Crippen molar-refractivity contribution in [3.05, 3.63) is 66.0 Å². The van der Waals surface area contributed by atoms with E-state index in [0.29, 0.717) is 0 Å². The topological polar surface area (TPSA) is 66.3 Å². The molecule has 4 rings (SSSR count). The number of phenols is 1. The summed E-state index contributed by atoms with van der Waals surface area (Å²) >= 11 is 0. The number of phenolic OH excluding ortho intramolecular Hbond substituents is 1. The molecule has 0 radical (unpaired) electrons. The average Bonchev–Trinajstić information content (AvgIpc) is 3.05. The molecule has 1 aliphatic rings. The monoisotopic (exact) mass is 387 g/mol. The predicted octanol–water partition coefficient (Wildman–Crippen LogP) is 4.84. The Morgan fingerprint density at radius 1 is 0.862 bits per heavy atom. The SMILES string of the molecule is Cc1cc(-c2cc(-c3ccc(C(=O)N4CCCCCC4)cc3)ncn2)ccc1O. The maximum absolute atomic E-state index is 12.8. The van der Waals surface area contributed by atoms with Crippen LogP contribution in [0.5, 0.6) is 5.75 Å². The van der Waals surface area contributed by atoms with Crippen LogP contribution in [-0.4, -0.2) is 39.0 Å². The molecule has 0 spiro atoms. The highest BCUT2D eigenvalue weighted by molar-refractivity contribution is 5.94. The molecular formula is C24H25N3O2. The minimum absolute atomic E-state index is 0.112. The molecule has 1 fully saturated rings. The maximum Gasteiger partial charge on any atom is 0.253 e. The Labute approximate surface area is 171 Å². The molecule has 3 aromatic rings. The molecule has 1 aliphatic heterocycles. The van der Waals surface area contributed by atoms with E-state index in [1.165, 1.54) is 12.8 Å². The van der Waals surface area contributed by atoms with E-state index in [0.717, 1.165) is 59.6 Å². The number of rotatable bonds is 3. The lowest BCUT2D eigenvalue weighted by molar-refractivity contribution is 0.0761. The second kappa shape index (κ2) is 8.43. The quantitative estimate of drug-likeness (QED) is 0.698. The molecule has 1 amide bonds. The third-order valence-corrected chi connectivity index (χ3v) is 5.48. The lowest BCUT2D eigenvalue weighted by Crippen LogP contribution is -2.31. The highest BCUT2D eigenvalue weighted by Gasteiger charge is 2.17. The maximum atomic E-state index is 12.8. The van der Waals surface area contributed by atoms with Gasteiger partial charge in [0.15, 0.2) is 0 Å². The van der Waals surface area contributed by atoms with Crippen molar-refractivity contribution in [2.75, 3.05) is 13.1 Å². The van der Waals surface area contributed by atoms with Gasteiger partial charge in [-0.3, -0.25) is 4.79 Å². The molecule has 148 valence electrons. The van der Waals surface area contributed by atoms with Crippen molar-refractivity contribution >= 4 is 5.91 Å². The van der Waals surface area contributed by atoms with Crippen molar-refractivity contribution in [1.29, 1.82) is 0 Å². The van der Waals surface area contributed by atoms with Crippen LogP contribution in [-0.2, 0) is 0 Å². The van der Waals surface area contributed by atoms with Gasteiger partial charge in [-0.15, -0.1) is 0 Å². The molecule has 0 aliphatic carbocycles. The number of hydrogen-bond donors (Lipinski definition) is 1. The Hall–Kier alpha value is -3.21.